The predicted molar refractivity (Wildman–Crippen MR) is 64.3 cm³/mol. The molecule has 0 unspecified atom stereocenters. The van der Waals surface area contributed by atoms with Crippen LogP contribution in [-0.2, 0) is 4.79 Å². The van der Waals surface area contributed by atoms with E-state index < -0.39 is 5.91 Å². The molecule has 0 aliphatic rings. The number of nitrogens with one attached hydrogen (secondary N) is 1. The first kappa shape index (κ1) is 13.0. The van der Waals surface area contributed by atoms with E-state index in [0.29, 0.717) is 13.0 Å². The molecule has 0 bridgehead atoms. The van der Waals surface area contributed by atoms with Crippen LogP contribution < -0.4 is 16.8 Å². The molecule has 6 heteroatoms. The van der Waals surface area contributed by atoms with Crippen LogP contribution >= 0.6 is 0 Å². The van der Waals surface area contributed by atoms with Gasteiger partial charge in [-0.3, -0.25) is 14.6 Å². The van der Waals surface area contributed by atoms with Gasteiger partial charge in [-0.2, -0.15) is 0 Å². The summed E-state index contributed by atoms with van der Waals surface area (Å²) in [4.78, 5) is 25.2. The molecule has 0 saturated heterocycles. The van der Waals surface area contributed by atoms with Crippen molar-refractivity contribution in [1.82, 2.24) is 4.98 Å². The Morgan fingerprint density at radius 1 is 1.29 bits per heavy atom. The first-order chi connectivity index (χ1) is 8.09. The van der Waals surface area contributed by atoms with Crippen molar-refractivity contribution in [1.29, 1.82) is 0 Å². The van der Waals surface area contributed by atoms with Crippen LogP contribution in [0.3, 0.4) is 0 Å². The van der Waals surface area contributed by atoms with Crippen molar-refractivity contribution in [2.45, 2.75) is 19.3 Å². The van der Waals surface area contributed by atoms with Gasteiger partial charge in [-0.1, -0.05) is 0 Å². The molecule has 6 nitrogen and oxygen atoms in total. The largest absolute Gasteiger partial charge is 0.385 e. The highest BCUT2D eigenvalue weighted by Gasteiger charge is 2.02. The Morgan fingerprint density at radius 3 is 2.71 bits per heavy atom. The van der Waals surface area contributed by atoms with Gasteiger partial charge in [-0.25, -0.2) is 0 Å². The number of aromatic nitrogens is 1. The molecule has 0 radical (unpaired) electrons. The average Bonchev–Trinajstić information content (AvgIpc) is 2.28. The number of anilines is 1. The lowest BCUT2D eigenvalue weighted by Gasteiger charge is -2.06. The van der Waals surface area contributed by atoms with Crippen LogP contribution in [0.2, 0.25) is 0 Å². The highest BCUT2D eigenvalue weighted by Crippen LogP contribution is 2.08. The Kier molecular flexibility index (Phi) is 4.93. The number of amides is 2. The SMILES string of the molecule is NC(=O)CCCCNc1ccnc(C(N)=O)c1. The Morgan fingerprint density at radius 2 is 2.06 bits per heavy atom. The molecule has 0 spiro atoms. The van der Waals surface area contributed by atoms with E-state index in [2.05, 4.69) is 10.3 Å². The molecule has 0 aromatic carbocycles. The molecule has 17 heavy (non-hydrogen) atoms. The van der Waals surface area contributed by atoms with Crippen molar-refractivity contribution in [2.24, 2.45) is 11.5 Å². The molecular weight excluding hydrogens is 220 g/mol. The molecule has 92 valence electrons. The number of pyridine rings is 1. The predicted octanol–water partition coefficient (Wildman–Crippen LogP) is 0.248. The molecule has 1 rings (SSSR count). The fourth-order valence-corrected chi connectivity index (χ4v) is 1.33. The third-order valence-corrected chi connectivity index (χ3v) is 2.19. The maximum atomic E-state index is 10.9. The monoisotopic (exact) mass is 236 g/mol. The maximum absolute atomic E-state index is 10.9. The smallest absolute Gasteiger partial charge is 0.267 e. The molecule has 1 aromatic heterocycles. The lowest BCUT2D eigenvalue weighted by atomic mass is 10.2. The highest BCUT2D eigenvalue weighted by atomic mass is 16.1. The third-order valence-electron chi connectivity index (χ3n) is 2.19. The van der Waals surface area contributed by atoms with E-state index in [0.717, 1.165) is 18.5 Å². The number of hydrogen-bond acceptors (Lipinski definition) is 4. The lowest BCUT2D eigenvalue weighted by Crippen LogP contribution is -2.13. The average molecular weight is 236 g/mol. The number of primary amides is 2. The van der Waals surface area contributed by atoms with Crippen molar-refractivity contribution in [3.05, 3.63) is 24.0 Å². The van der Waals surface area contributed by atoms with Gasteiger partial charge >= 0.3 is 0 Å². The standard InChI is InChI=1S/C11H16N4O2/c12-10(16)3-1-2-5-14-8-4-6-15-9(7-8)11(13)17/h4,6-7H,1-3,5H2,(H2,12,16)(H2,13,17)(H,14,15). The second kappa shape index (κ2) is 6.47. The first-order valence-corrected chi connectivity index (χ1v) is 5.37. The second-order valence-electron chi connectivity index (χ2n) is 3.64. The van der Waals surface area contributed by atoms with Gasteiger partial charge in [-0.15, -0.1) is 0 Å². The van der Waals surface area contributed by atoms with Crippen molar-refractivity contribution < 1.29 is 9.59 Å². The first-order valence-electron chi connectivity index (χ1n) is 5.37. The fourth-order valence-electron chi connectivity index (χ4n) is 1.33. The molecule has 5 N–H and O–H groups in total. The zero-order valence-electron chi connectivity index (χ0n) is 9.48. The van der Waals surface area contributed by atoms with Crippen LogP contribution in [0.25, 0.3) is 0 Å². The van der Waals surface area contributed by atoms with E-state index in [1.165, 1.54) is 6.20 Å². The minimum atomic E-state index is -0.553. The Labute approximate surface area is 99.4 Å². The summed E-state index contributed by atoms with van der Waals surface area (Å²) in [6.07, 6.45) is 3.49. The van der Waals surface area contributed by atoms with Gasteiger partial charge in [0.25, 0.3) is 5.91 Å². The Balaban J connectivity index is 2.34. The van der Waals surface area contributed by atoms with Crippen molar-refractivity contribution in [3.8, 4) is 0 Å². The van der Waals surface area contributed by atoms with E-state index in [1.54, 1.807) is 12.1 Å². The zero-order chi connectivity index (χ0) is 12.7. The number of nitrogens with zero attached hydrogens (tertiary/aromatic N) is 1. The zero-order valence-corrected chi connectivity index (χ0v) is 9.48. The maximum Gasteiger partial charge on any atom is 0.267 e. The molecule has 0 atom stereocenters. The van der Waals surface area contributed by atoms with Gasteiger partial charge in [0.05, 0.1) is 0 Å². The summed E-state index contributed by atoms with van der Waals surface area (Å²) in [6.45, 7) is 0.704. The molecule has 2 amide bonds. The van der Waals surface area contributed by atoms with Gasteiger partial charge in [0, 0.05) is 24.8 Å². The number of carbonyl (C=O) groups is 2. The summed E-state index contributed by atoms with van der Waals surface area (Å²) in [6, 6.07) is 3.34. The molecule has 1 aromatic rings. The third kappa shape index (κ3) is 4.96. The van der Waals surface area contributed by atoms with Gasteiger partial charge in [-0.05, 0) is 25.0 Å². The minimum absolute atomic E-state index is 0.229. The van der Waals surface area contributed by atoms with E-state index in [1.807, 2.05) is 0 Å². The van der Waals surface area contributed by atoms with Crippen LogP contribution in [0, 0.1) is 0 Å². The number of unbranched alkanes of at least 4 members (excludes halogenated alkanes) is 1. The number of nitrogens with two attached hydrogens (primary N) is 2. The Bertz CT molecular complexity index is 406. The van der Waals surface area contributed by atoms with Crippen molar-refractivity contribution in [2.75, 3.05) is 11.9 Å². The van der Waals surface area contributed by atoms with Crippen LogP contribution in [0.4, 0.5) is 5.69 Å². The summed E-state index contributed by atoms with van der Waals surface area (Å²) in [5, 5.41) is 3.11. The second-order valence-corrected chi connectivity index (χ2v) is 3.64. The summed E-state index contributed by atoms with van der Waals surface area (Å²) in [5.41, 5.74) is 11.1. The quantitative estimate of drug-likeness (QED) is 0.589. The van der Waals surface area contributed by atoms with E-state index in [-0.39, 0.29) is 11.6 Å². The molecule has 0 aliphatic heterocycles. The van der Waals surface area contributed by atoms with Gasteiger partial charge in [0.15, 0.2) is 0 Å². The highest BCUT2D eigenvalue weighted by molar-refractivity contribution is 5.91. The van der Waals surface area contributed by atoms with Crippen LogP contribution in [0.5, 0.6) is 0 Å². The Hall–Kier alpha value is -2.11. The number of hydrogen-bond donors (Lipinski definition) is 3. The van der Waals surface area contributed by atoms with Gasteiger partial charge in [0.2, 0.25) is 5.91 Å². The van der Waals surface area contributed by atoms with Crippen LogP contribution in [0.1, 0.15) is 29.8 Å². The van der Waals surface area contributed by atoms with E-state index in [4.69, 9.17) is 11.5 Å². The molecule has 0 fully saturated rings. The van der Waals surface area contributed by atoms with Crippen LogP contribution in [-0.4, -0.2) is 23.3 Å². The number of rotatable bonds is 7. The summed E-state index contributed by atoms with van der Waals surface area (Å²) >= 11 is 0. The van der Waals surface area contributed by atoms with E-state index in [9.17, 15) is 9.59 Å². The summed E-state index contributed by atoms with van der Waals surface area (Å²) in [7, 11) is 0. The molecular formula is C11H16N4O2. The molecule has 1 heterocycles. The topological polar surface area (TPSA) is 111 Å². The van der Waals surface area contributed by atoms with E-state index >= 15 is 0 Å². The molecule has 0 saturated carbocycles. The number of carbonyl (C=O) groups excluding carboxylic acids is 2. The van der Waals surface area contributed by atoms with Crippen molar-refractivity contribution in [3.63, 3.8) is 0 Å². The minimum Gasteiger partial charge on any atom is -0.385 e. The van der Waals surface area contributed by atoms with Crippen molar-refractivity contribution >= 4 is 17.5 Å². The normalized spacial score (nSPS) is 9.88. The summed E-state index contributed by atoms with van der Waals surface area (Å²) < 4.78 is 0. The van der Waals surface area contributed by atoms with Gasteiger partial charge in [0.1, 0.15) is 5.69 Å². The van der Waals surface area contributed by atoms with Gasteiger partial charge < -0.3 is 16.8 Å². The summed E-state index contributed by atoms with van der Waals surface area (Å²) in [5.74, 6) is -0.840. The van der Waals surface area contributed by atoms with Crippen LogP contribution in [0.15, 0.2) is 18.3 Å². The molecule has 0 aliphatic carbocycles. The lowest BCUT2D eigenvalue weighted by molar-refractivity contribution is -0.118. The fraction of sp³-hybridized carbons (Fsp3) is 0.364.